The summed E-state index contributed by atoms with van der Waals surface area (Å²) in [6.07, 6.45) is 4.06. The molecular formula is C13H26N2O2. The van der Waals surface area contributed by atoms with Crippen molar-refractivity contribution in [3.63, 3.8) is 0 Å². The molecule has 1 aliphatic rings. The second-order valence-corrected chi connectivity index (χ2v) is 5.61. The van der Waals surface area contributed by atoms with Gasteiger partial charge in [-0.05, 0) is 37.0 Å². The third-order valence-electron chi connectivity index (χ3n) is 3.65. The number of nitrogens with one attached hydrogen (secondary N) is 1. The fourth-order valence-corrected chi connectivity index (χ4v) is 2.60. The van der Waals surface area contributed by atoms with Crippen LogP contribution in [0.1, 0.15) is 39.5 Å². The van der Waals surface area contributed by atoms with E-state index in [1.807, 2.05) is 0 Å². The number of hydrogen-bond donors (Lipinski definition) is 3. The summed E-state index contributed by atoms with van der Waals surface area (Å²) in [7, 11) is 0. The molecule has 17 heavy (non-hydrogen) atoms. The quantitative estimate of drug-likeness (QED) is 0.647. The lowest BCUT2D eigenvalue weighted by atomic mass is 9.96. The van der Waals surface area contributed by atoms with E-state index < -0.39 is 6.04 Å². The highest BCUT2D eigenvalue weighted by Crippen LogP contribution is 2.30. The Kier molecular flexibility index (Phi) is 5.92. The summed E-state index contributed by atoms with van der Waals surface area (Å²) in [5, 5.41) is 12.1. The monoisotopic (exact) mass is 242 g/mol. The van der Waals surface area contributed by atoms with E-state index in [2.05, 4.69) is 19.2 Å². The molecule has 0 aliphatic heterocycles. The molecule has 0 bridgehead atoms. The van der Waals surface area contributed by atoms with Crippen LogP contribution in [-0.2, 0) is 4.79 Å². The Morgan fingerprint density at radius 2 is 2.06 bits per heavy atom. The summed E-state index contributed by atoms with van der Waals surface area (Å²) < 4.78 is 0. The second kappa shape index (κ2) is 6.97. The molecule has 100 valence electrons. The third kappa shape index (κ3) is 4.64. The molecule has 3 atom stereocenters. The van der Waals surface area contributed by atoms with Crippen molar-refractivity contribution in [3.05, 3.63) is 0 Å². The van der Waals surface area contributed by atoms with Crippen LogP contribution in [0.3, 0.4) is 0 Å². The van der Waals surface area contributed by atoms with Crippen LogP contribution in [0.5, 0.6) is 0 Å². The third-order valence-corrected chi connectivity index (χ3v) is 3.65. The summed E-state index contributed by atoms with van der Waals surface area (Å²) in [5.74, 6) is 1.17. The van der Waals surface area contributed by atoms with Gasteiger partial charge < -0.3 is 16.2 Å². The Balaban J connectivity index is 2.27. The summed E-state index contributed by atoms with van der Waals surface area (Å²) in [6, 6.07) is -0.399. The Morgan fingerprint density at radius 1 is 1.41 bits per heavy atom. The maximum absolute atomic E-state index is 11.7. The lowest BCUT2D eigenvalue weighted by Gasteiger charge is -2.20. The number of amides is 1. The van der Waals surface area contributed by atoms with Gasteiger partial charge in [0.2, 0.25) is 5.91 Å². The zero-order valence-electron chi connectivity index (χ0n) is 11.0. The van der Waals surface area contributed by atoms with Crippen molar-refractivity contribution in [2.75, 3.05) is 13.2 Å². The standard InChI is InChI=1S/C13H26N2O2/c1-9(2)6-12(14)13(17)15-7-10-4-3-5-11(10)8-16/h9-12,16H,3-8,14H2,1-2H3,(H,15,17)/t10?,11?,12-/m1/s1. The normalized spacial score (nSPS) is 26.2. The van der Waals surface area contributed by atoms with Gasteiger partial charge in [0.05, 0.1) is 6.04 Å². The molecule has 1 rings (SSSR count). The molecule has 0 saturated heterocycles. The first kappa shape index (κ1) is 14.5. The SMILES string of the molecule is CC(C)C[C@@H](N)C(=O)NCC1CCCC1CO. The summed E-state index contributed by atoms with van der Waals surface area (Å²) in [4.78, 5) is 11.7. The number of aliphatic hydroxyl groups is 1. The minimum Gasteiger partial charge on any atom is -0.396 e. The molecule has 1 amide bonds. The highest BCUT2D eigenvalue weighted by atomic mass is 16.3. The molecule has 4 heteroatoms. The van der Waals surface area contributed by atoms with Crippen LogP contribution >= 0.6 is 0 Å². The maximum atomic E-state index is 11.7. The van der Waals surface area contributed by atoms with Crippen LogP contribution in [0.4, 0.5) is 0 Å². The van der Waals surface area contributed by atoms with Gasteiger partial charge in [-0.2, -0.15) is 0 Å². The molecule has 0 aromatic heterocycles. The molecular weight excluding hydrogens is 216 g/mol. The van der Waals surface area contributed by atoms with Crippen molar-refractivity contribution in [1.29, 1.82) is 0 Å². The van der Waals surface area contributed by atoms with E-state index in [9.17, 15) is 9.90 Å². The fourth-order valence-electron chi connectivity index (χ4n) is 2.60. The van der Waals surface area contributed by atoms with Crippen molar-refractivity contribution < 1.29 is 9.90 Å². The van der Waals surface area contributed by atoms with Gasteiger partial charge in [-0.3, -0.25) is 4.79 Å². The van der Waals surface area contributed by atoms with Crippen LogP contribution in [0.15, 0.2) is 0 Å². The van der Waals surface area contributed by atoms with Gasteiger partial charge >= 0.3 is 0 Å². The molecule has 0 aromatic carbocycles. The second-order valence-electron chi connectivity index (χ2n) is 5.61. The average Bonchev–Trinajstić information content (AvgIpc) is 2.72. The van der Waals surface area contributed by atoms with E-state index in [0.29, 0.717) is 24.3 Å². The first-order valence-electron chi connectivity index (χ1n) is 6.68. The Morgan fingerprint density at radius 3 is 2.65 bits per heavy atom. The van der Waals surface area contributed by atoms with Gasteiger partial charge in [0.1, 0.15) is 0 Å². The Labute approximate surface area is 104 Å². The Hall–Kier alpha value is -0.610. The predicted molar refractivity (Wildman–Crippen MR) is 68.4 cm³/mol. The molecule has 1 fully saturated rings. The minimum atomic E-state index is -0.399. The van der Waals surface area contributed by atoms with Crippen molar-refractivity contribution in [2.24, 2.45) is 23.5 Å². The van der Waals surface area contributed by atoms with Gasteiger partial charge in [-0.15, -0.1) is 0 Å². The number of rotatable bonds is 6. The highest BCUT2D eigenvalue weighted by molar-refractivity contribution is 5.81. The molecule has 0 aromatic rings. The van der Waals surface area contributed by atoms with Crippen LogP contribution in [0, 0.1) is 17.8 Å². The van der Waals surface area contributed by atoms with E-state index in [1.165, 1.54) is 0 Å². The van der Waals surface area contributed by atoms with E-state index in [4.69, 9.17) is 5.73 Å². The number of hydrogen-bond acceptors (Lipinski definition) is 3. The van der Waals surface area contributed by atoms with Crippen LogP contribution in [-0.4, -0.2) is 30.2 Å². The van der Waals surface area contributed by atoms with Gasteiger partial charge in [0.25, 0.3) is 0 Å². The first-order chi connectivity index (χ1) is 8.04. The predicted octanol–water partition coefficient (Wildman–Crippen LogP) is 0.885. The van der Waals surface area contributed by atoms with Crippen molar-refractivity contribution in [2.45, 2.75) is 45.6 Å². The minimum absolute atomic E-state index is 0.0534. The van der Waals surface area contributed by atoms with Gasteiger partial charge in [0.15, 0.2) is 0 Å². The highest BCUT2D eigenvalue weighted by Gasteiger charge is 2.27. The van der Waals surface area contributed by atoms with Crippen LogP contribution in [0.2, 0.25) is 0 Å². The first-order valence-corrected chi connectivity index (χ1v) is 6.68. The molecule has 1 saturated carbocycles. The van der Waals surface area contributed by atoms with Crippen molar-refractivity contribution in [1.82, 2.24) is 5.32 Å². The smallest absolute Gasteiger partial charge is 0.236 e. The lowest BCUT2D eigenvalue weighted by molar-refractivity contribution is -0.122. The topological polar surface area (TPSA) is 75.4 Å². The van der Waals surface area contributed by atoms with E-state index in [1.54, 1.807) is 0 Å². The molecule has 0 heterocycles. The molecule has 0 radical (unpaired) electrons. The fraction of sp³-hybridized carbons (Fsp3) is 0.923. The van der Waals surface area contributed by atoms with Gasteiger partial charge in [0, 0.05) is 13.2 Å². The van der Waals surface area contributed by atoms with Gasteiger partial charge in [-0.1, -0.05) is 20.3 Å². The largest absolute Gasteiger partial charge is 0.396 e. The average molecular weight is 242 g/mol. The number of aliphatic hydroxyl groups excluding tert-OH is 1. The zero-order valence-corrected chi connectivity index (χ0v) is 11.0. The molecule has 1 aliphatic carbocycles. The summed E-state index contributed by atoms with van der Waals surface area (Å²) >= 11 is 0. The van der Waals surface area contributed by atoms with Crippen molar-refractivity contribution >= 4 is 5.91 Å². The molecule has 2 unspecified atom stereocenters. The molecule has 0 spiro atoms. The van der Waals surface area contributed by atoms with E-state index in [0.717, 1.165) is 25.7 Å². The molecule has 4 nitrogen and oxygen atoms in total. The zero-order chi connectivity index (χ0) is 12.8. The van der Waals surface area contributed by atoms with E-state index >= 15 is 0 Å². The summed E-state index contributed by atoms with van der Waals surface area (Å²) in [6.45, 7) is 5.02. The maximum Gasteiger partial charge on any atom is 0.236 e. The lowest BCUT2D eigenvalue weighted by Crippen LogP contribution is -2.43. The van der Waals surface area contributed by atoms with E-state index in [-0.39, 0.29) is 12.5 Å². The number of nitrogens with two attached hydrogens (primary N) is 1. The number of carbonyl (C=O) groups is 1. The van der Waals surface area contributed by atoms with Crippen LogP contribution in [0.25, 0.3) is 0 Å². The van der Waals surface area contributed by atoms with Crippen molar-refractivity contribution in [3.8, 4) is 0 Å². The van der Waals surface area contributed by atoms with Gasteiger partial charge in [-0.25, -0.2) is 0 Å². The number of carbonyl (C=O) groups excluding carboxylic acids is 1. The Bertz CT molecular complexity index is 244. The molecule has 4 N–H and O–H groups in total. The summed E-state index contributed by atoms with van der Waals surface area (Å²) in [5.41, 5.74) is 5.81. The van der Waals surface area contributed by atoms with Crippen LogP contribution < -0.4 is 11.1 Å².